The molecule has 0 aromatic carbocycles. The molecule has 2 aliphatic heterocycles. The van der Waals surface area contributed by atoms with E-state index in [1.54, 1.807) is 9.75 Å². The Morgan fingerprint density at radius 3 is 2.43 bits per heavy atom. The van der Waals surface area contributed by atoms with Crippen molar-refractivity contribution in [2.24, 2.45) is 5.92 Å². The monoisotopic (exact) mass is 335 g/mol. The quantitative estimate of drug-likeness (QED) is 0.837. The molecule has 1 aromatic rings. The molecule has 3 nitrogen and oxygen atoms in total. The minimum Gasteiger partial charge on any atom is -0.303 e. The van der Waals surface area contributed by atoms with Crippen LogP contribution in [0.3, 0.4) is 0 Å². The van der Waals surface area contributed by atoms with Gasteiger partial charge in [-0.05, 0) is 51.4 Å². The normalized spacial score (nSPS) is 23.9. The Labute approximate surface area is 146 Å². The summed E-state index contributed by atoms with van der Waals surface area (Å²) in [5, 5.41) is 0. The van der Waals surface area contributed by atoms with E-state index in [-0.39, 0.29) is 0 Å². The first-order valence-corrected chi connectivity index (χ1v) is 9.98. The van der Waals surface area contributed by atoms with Gasteiger partial charge in [0.05, 0.1) is 0 Å². The predicted molar refractivity (Wildman–Crippen MR) is 100 cm³/mol. The molecule has 1 aromatic heterocycles. The molecule has 2 aliphatic rings. The Morgan fingerprint density at radius 1 is 1.04 bits per heavy atom. The predicted octanol–water partition coefficient (Wildman–Crippen LogP) is 3.16. The second kappa shape index (κ2) is 7.22. The van der Waals surface area contributed by atoms with Gasteiger partial charge in [0.1, 0.15) is 0 Å². The minimum absolute atomic E-state index is 0.432. The van der Waals surface area contributed by atoms with Crippen LogP contribution in [0.4, 0.5) is 0 Å². The van der Waals surface area contributed by atoms with Crippen molar-refractivity contribution in [3.63, 3.8) is 0 Å². The van der Waals surface area contributed by atoms with Crippen molar-refractivity contribution in [3.05, 3.63) is 21.9 Å². The van der Waals surface area contributed by atoms with Crippen molar-refractivity contribution in [2.75, 3.05) is 46.8 Å². The Kier molecular flexibility index (Phi) is 5.46. The summed E-state index contributed by atoms with van der Waals surface area (Å²) in [6.45, 7) is 11.9. The molecule has 1 spiro atoms. The first kappa shape index (κ1) is 17.4. The number of thiophene rings is 1. The zero-order chi connectivity index (χ0) is 16.4. The van der Waals surface area contributed by atoms with Crippen molar-refractivity contribution in [1.82, 2.24) is 14.7 Å². The SMILES string of the molecule is CC(C)Cc1ccc(CN2CCC3(CC2)CN(C)CCN3C)s1. The molecular weight excluding hydrogens is 302 g/mol. The molecule has 0 amide bonds. The van der Waals surface area contributed by atoms with E-state index in [9.17, 15) is 0 Å². The molecule has 3 heterocycles. The molecule has 0 bridgehead atoms. The maximum absolute atomic E-state index is 2.67. The van der Waals surface area contributed by atoms with Gasteiger partial charge in [-0.25, -0.2) is 0 Å². The van der Waals surface area contributed by atoms with E-state index in [4.69, 9.17) is 0 Å². The lowest BCUT2D eigenvalue weighted by Gasteiger charge is -2.52. The first-order valence-electron chi connectivity index (χ1n) is 9.17. The summed E-state index contributed by atoms with van der Waals surface area (Å²) in [7, 11) is 4.61. The molecule has 2 saturated heterocycles. The summed E-state index contributed by atoms with van der Waals surface area (Å²) >= 11 is 2.02. The number of piperazine rings is 1. The van der Waals surface area contributed by atoms with Gasteiger partial charge < -0.3 is 4.90 Å². The van der Waals surface area contributed by atoms with Crippen molar-refractivity contribution < 1.29 is 0 Å². The third-order valence-electron chi connectivity index (χ3n) is 5.68. The number of likely N-dealkylation sites (tertiary alicyclic amines) is 1. The highest BCUT2D eigenvalue weighted by atomic mass is 32.1. The molecular formula is C19H33N3S. The molecule has 0 atom stereocenters. The molecule has 0 aliphatic carbocycles. The Bertz CT molecular complexity index is 502. The van der Waals surface area contributed by atoms with Crippen LogP contribution in [0.1, 0.15) is 36.4 Å². The van der Waals surface area contributed by atoms with E-state index in [1.165, 1.54) is 52.0 Å². The van der Waals surface area contributed by atoms with Crippen LogP contribution >= 0.6 is 11.3 Å². The van der Waals surface area contributed by atoms with Gasteiger partial charge in [-0.3, -0.25) is 9.80 Å². The average Bonchev–Trinajstić information content (AvgIpc) is 2.92. The van der Waals surface area contributed by atoms with Crippen molar-refractivity contribution >= 4 is 11.3 Å². The topological polar surface area (TPSA) is 9.72 Å². The van der Waals surface area contributed by atoms with Crippen molar-refractivity contribution in [3.8, 4) is 0 Å². The van der Waals surface area contributed by atoms with Gasteiger partial charge in [0.2, 0.25) is 0 Å². The summed E-state index contributed by atoms with van der Waals surface area (Å²) in [6, 6.07) is 4.70. The van der Waals surface area contributed by atoms with Crippen LogP contribution in [0.15, 0.2) is 12.1 Å². The third kappa shape index (κ3) is 4.16. The lowest BCUT2D eigenvalue weighted by Crippen LogP contribution is -2.63. The number of piperidine rings is 1. The smallest absolute Gasteiger partial charge is 0.0358 e. The Hall–Kier alpha value is -0.420. The van der Waals surface area contributed by atoms with Crippen LogP contribution in [-0.2, 0) is 13.0 Å². The number of nitrogens with zero attached hydrogens (tertiary/aromatic N) is 3. The number of hydrogen-bond donors (Lipinski definition) is 0. The first-order chi connectivity index (χ1) is 11.0. The summed E-state index contributed by atoms with van der Waals surface area (Å²) in [6.07, 6.45) is 3.86. The van der Waals surface area contributed by atoms with Crippen molar-refractivity contribution in [1.29, 1.82) is 0 Å². The van der Waals surface area contributed by atoms with Gasteiger partial charge in [0.25, 0.3) is 0 Å². The molecule has 0 saturated carbocycles. The van der Waals surface area contributed by atoms with E-state index in [1.807, 2.05) is 11.3 Å². The fraction of sp³-hybridized carbons (Fsp3) is 0.789. The number of hydrogen-bond acceptors (Lipinski definition) is 4. The van der Waals surface area contributed by atoms with Gasteiger partial charge in [0, 0.05) is 54.6 Å². The summed E-state index contributed by atoms with van der Waals surface area (Å²) in [5.74, 6) is 0.759. The highest BCUT2D eigenvalue weighted by Crippen LogP contribution is 2.32. The van der Waals surface area contributed by atoms with Gasteiger partial charge in [-0.15, -0.1) is 11.3 Å². The Morgan fingerprint density at radius 2 is 1.74 bits per heavy atom. The molecule has 4 heteroatoms. The zero-order valence-corrected chi connectivity index (χ0v) is 16.2. The maximum Gasteiger partial charge on any atom is 0.0358 e. The van der Waals surface area contributed by atoms with E-state index in [0.29, 0.717) is 5.54 Å². The largest absolute Gasteiger partial charge is 0.303 e. The van der Waals surface area contributed by atoms with Gasteiger partial charge in [-0.2, -0.15) is 0 Å². The minimum atomic E-state index is 0.432. The summed E-state index contributed by atoms with van der Waals surface area (Å²) in [4.78, 5) is 10.9. The van der Waals surface area contributed by atoms with E-state index < -0.39 is 0 Å². The maximum atomic E-state index is 2.67. The van der Waals surface area contributed by atoms with Crippen LogP contribution in [0.25, 0.3) is 0 Å². The second-order valence-corrected chi connectivity index (χ2v) is 9.38. The molecule has 0 radical (unpaired) electrons. The highest BCUT2D eigenvalue weighted by Gasteiger charge is 2.41. The van der Waals surface area contributed by atoms with Crippen LogP contribution in [-0.4, -0.2) is 67.1 Å². The highest BCUT2D eigenvalue weighted by molar-refractivity contribution is 7.11. The Balaban J connectivity index is 1.54. The van der Waals surface area contributed by atoms with Gasteiger partial charge >= 0.3 is 0 Å². The lowest BCUT2D eigenvalue weighted by atomic mass is 9.84. The van der Waals surface area contributed by atoms with Gasteiger partial charge in [0.15, 0.2) is 0 Å². The number of rotatable bonds is 4. The van der Waals surface area contributed by atoms with Crippen LogP contribution < -0.4 is 0 Å². The molecule has 2 fully saturated rings. The van der Waals surface area contributed by atoms with Crippen molar-refractivity contribution in [2.45, 2.75) is 45.2 Å². The molecule has 0 unspecified atom stereocenters. The molecule has 3 rings (SSSR count). The van der Waals surface area contributed by atoms with E-state index >= 15 is 0 Å². The van der Waals surface area contributed by atoms with Crippen LogP contribution in [0.5, 0.6) is 0 Å². The third-order valence-corrected chi connectivity index (χ3v) is 6.78. The standard InChI is InChI=1S/C19H33N3S/c1-16(2)13-17-5-6-18(23-17)14-22-9-7-19(8-10-22)15-20(3)11-12-21(19)4/h5-6,16H,7-15H2,1-4H3. The van der Waals surface area contributed by atoms with E-state index in [0.717, 1.165) is 12.5 Å². The number of likely N-dealkylation sites (N-methyl/N-ethyl adjacent to an activating group) is 2. The van der Waals surface area contributed by atoms with E-state index in [2.05, 4.69) is 54.8 Å². The van der Waals surface area contributed by atoms with Gasteiger partial charge in [-0.1, -0.05) is 13.8 Å². The summed E-state index contributed by atoms with van der Waals surface area (Å²) in [5.41, 5.74) is 0.432. The summed E-state index contributed by atoms with van der Waals surface area (Å²) < 4.78 is 0. The molecule has 23 heavy (non-hydrogen) atoms. The molecule has 130 valence electrons. The molecule has 0 N–H and O–H groups in total. The van der Waals surface area contributed by atoms with Crippen LogP contribution in [0, 0.1) is 5.92 Å². The second-order valence-electron chi connectivity index (χ2n) is 8.13. The average molecular weight is 336 g/mol. The lowest BCUT2D eigenvalue weighted by molar-refractivity contribution is -0.0203. The fourth-order valence-electron chi connectivity index (χ4n) is 4.17. The fourth-order valence-corrected chi connectivity index (χ4v) is 5.44. The zero-order valence-electron chi connectivity index (χ0n) is 15.3. The van der Waals surface area contributed by atoms with Crippen LogP contribution in [0.2, 0.25) is 0 Å².